The number of carbonyl (C=O) groups excluding carboxylic acids is 1. The number of nitrogens with two attached hydrogens (primary N) is 1. The van der Waals surface area contributed by atoms with Crippen LogP contribution < -0.4 is 11.1 Å². The first-order valence-corrected chi connectivity index (χ1v) is 5.79. The molecule has 1 rings (SSSR count). The third kappa shape index (κ3) is 3.23. The van der Waals surface area contributed by atoms with Crippen molar-refractivity contribution in [3.8, 4) is 0 Å². The van der Waals surface area contributed by atoms with E-state index in [1.807, 2.05) is 32.0 Å². The SMILES string of the molecule is Cc1cccc(C)c1C(=O)NCC(C)/C(N)=N/O. The molecule has 1 aromatic carbocycles. The molecule has 0 saturated heterocycles. The van der Waals surface area contributed by atoms with E-state index in [4.69, 9.17) is 10.9 Å². The molecule has 4 N–H and O–H groups in total. The van der Waals surface area contributed by atoms with Crippen LogP contribution in [0.2, 0.25) is 0 Å². The first-order valence-electron chi connectivity index (χ1n) is 5.79. The third-order valence-electron chi connectivity index (χ3n) is 2.90. The summed E-state index contributed by atoms with van der Waals surface area (Å²) in [4.78, 5) is 12.0. The second-order valence-corrected chi connectivity index (χ2v) is 4.40. The van der Waals surface area contributed by atoms with Crippen molar-refractivity contribution in [3.63, 3.8) is 0 Å². The Morgan fingerprint density at radius 2 is 2.00 bits per heavy atom. The molecule has 0 saturated carbocycles. The van der Waals surface area contributed by atoms with Crippen LogP contribution in [0.1, 0.15) is 28.4 Å². The first kappa shape index (κ1) is 14.0. The molecule has 0 radical (unpaired) electrons. The number of benzene rings is 1. The van der Waals surface area contributed by atoms with Gasteiger partial charge >= 0.3 is 0 Å². The largest absolute Gasteiger partial charge is 0.409 e. The van der Waals surface area contributed by atoms with Crippen molar-refractivity contribution >= 4 is 11.7 Å². The lowest BCUT2D eigenvalue weighted by atomic mass is 10.0. The Morgan fingerprint density at radius 1 is 1.44 bits per heavy atom. The Labute approximate surface area is 107 Å². The van der Waals surface area contributed by atoms with Gasteiger partial charge in [0.15, 0.2) is 0 Å². The molecule has 1 atom stereocenters. The lowest BCUT2D eigenvalue weighted by Gasteiger charge is -2.13. The summed E-state index contributed by atoms with van der Waals surface area (Å²) in [6.07, 6.45) is 0. The number of aryl methyl sites for hydroxylation is 2. The van der Waals surface area contributed by atoms with E-state index in [2.05, 4.69) is 10.5 Å². The topological polar surface area (TPSA) is 87.7 Å². The van der Waals surface area contributed by atoms with Gasteiger partial charge < -0.3 is 16.3 Å². The molecule has 0 heterocycles. The minimum Gasteiger partial charge on any atom is -0.409 e. The van der Waals surface area contributed by atoms with Gasteiger partial charge in [-0.05, 0) is 25.0 Å². The van der Waals surface area contributed by atoms with Gasteiger partial charge in [-0.2, -0.15) is 0 Å². The molecule has 98 valence electrons. The van der Waals surface area contributed by atoms with Crippen molar-refractivity contribution in [1.82, 2.24) is 5.32 Å². The highest BCUT2D eigenvalue weighted by molar-refractivity contribution is 5.97. The Hall–Kier alpha value is -2.04. The molecular formula is C13H19N3O2. The van der Waals surface area contributed by atoms with Gasteiger partial charge in [-0.3, -0.25) is 4.79 Å². The summed E-state index contributed by atoms with van der Waals surface area (Å²) in [5.41, 5.74) is 8.00. The summed E-state index contributed by atoms with van der Waals surface area (Å²) in [5.74, 6) is -0.233. The molecule has 1 aromatic rings. The highest BCUT2D eigenvalue weighted by Gasteiger charge is 2.14. The number of nitrogens with zero attached hydrogens (tertiary/aromatic N) is 1. The molecule has 0 fully saturated rings. The zero-order valence-corrected chi connectivity index (χ0v) is 10.9. The van der Waals surface area contributed by atoms with E-state index in [1.54, 1.807) is 6.92 Å². The lowest BCUT2D eigenvalue weighted by Crippen LogP contribution is -2.35. The zero-order valence-electron chi connectivity index (χ0n) is 10.9. The van der Waals surface area contributed by atoms with Gasteiger partial charge in [0, 0.05) is 18.0 Å². The van der Waals surface area contributed by atoms with Crippen molar-refractivity contribution in [1.29, 1.82) is 0 Å². The number of rotatable bonds is 4. The van der Waals surface area contributed by atoms with Crippen LogP contribution in [0, 0.1) is 19.8 Å². The summed E-state index contributed by atoms with van der Waals surface area (Å²) in [5, 5.41) is 14.2. The number of amides is 1. The Bertz CT molecular complexity index is 449. The summed E-state index contributed by atoms with van der Waals surface area (Å²) in [7, 11) is 0. The Kier molecular flexibility index (Phi) is 4.71. The maximum absolute atomic E-state index is 12.0. The average molecular weight is 249 g/mol. The van der Waals surface area contributed by atoms with E-state index in [9.17, 15) is 4.79 Å². The second-order valence-electron chi connectivity index (χ2n) is 4.40. The monoisotopic (exact) mass is 249 g/mol. The van der Waals surface area contributed by atoms with Crippen LogP contribution >= 0.6 is 0 Å². The van der Waals surface area contributed by atoms with Gasteiger partial charge in [0.1, 0.15) is 5.84 Å². The van der Waals surface area contributed by atoms with E-state index >= 15 is 0 Å². The van der Waals surface area contributed by atoms with Gasteiger partial charge in [-0.15, -0.1) is 0 Å². The quantitative estimate of drug-likeness (QED) is 0.326. The predicted molar refractivity (Wildman–Crippen MR) is 70.8 cm³/mol. The van der Waals surface area contributed by atoms with E-state index in [1.165, 1.54) is 0 Å². The third-order valence-corrected chi connectivity index (χ3v) is 2.90. The molecule has 1 unspecified atom stereocenters. The van der Waals surface area contributed by atoms with Crippen molar-refractivity contribution < 1.29 is 10.0 Å². The van der Waals surface area contributed by atoms with Crippen LogP contribution in [0.25, 0.3) is 0 Å². The number of nitrogens with one attached hydrogen (secondary N) is 1. The van der Waals surface area contributed by atoms with Crippen molar-refractivity contribution in [2.75, 3.05) is 6.54 Å². The summed E-state index contributed by atoms with van der Waals surface area (Å²) >= 11 is 0. The standard InChI is InChI=1S/C13H19N3O2/c1-8-5-4-6-9(2)11(8)13(17)15-7-10(3)12(14)16-18/h4-6,10,18H,7H2,1-3H3,(H2,14,16)(H,15,17). The van der Waals surface area contributed by atoms with E-state index in [0.29, 0.717) is 12.1 Å². The van der Waals surface area contributed by atoms with Crippen LogP contribution in [0.3, 0.4) is 0 Å². The molecule has 0 spiro atoms. The Morgan fingerprint density at radius 3 is 2.50 bits per heavy atom. The number of hydrogen-bond acceptors (Lipinski definition) is 3. The number of carbonyl (C=O) groups is 1. The van der Waals surface area contributed by atoms with Crippen LogP contribution in [0.5, 0.6) is 0 Å². The summed E-state index contributed by atoms with van der Waals surface area (Å²) in [6, 6.07) is 5.71. The van der Waals surface area contributed by atoms with Gasteiger partial charge in [0.05, 0.1) is 0 Å². The maximum atomic E-state index is 12.0. The first-order chi connectivity index (χ1) is 8.47. The van der Waals surface area contributed by atoms with E-state index < -0.39 is 0 Å². The summed E-state index contributed by atoms with van der Waals surface area (Å²) in [6.45, 7) is 5.91. The fraction of sp³-hybridized carbons (Fsp3) is 0.385. The Balaban J connectivity index is 2.72. The molecule has 0 aromatic heterocycles. The normalized spacial score (nSPS) is 13.2. The second kappa shape index (κ2) is 6.05. The lowest BCUT2D eigenvalue weighted by molar-refractivity contribution is 0.0950. The van der Waals surface area contributed by atoms with Crippen molar-refractivity contribution in [2.45, 2.75) is 20.8 Å². The number of amidine groups is 1. The van der Waals surface area contributed by atoms with Gasteiger partial charge in [0.2, 0.25) is 0 Å². The highest BCUT2D eigenvalue weighted by Crippen LogP contribution is 2.12. The van der Waals surface area contributed by atoms with Gasteiger partial charge in [-0.25, -0.2) is 0 Å². The molecule has 0 aliphatic heterocycles. The molecule has 0 aliphatic carbocycles. The van der Waals surface area contributed by atoms with E-state index in [-0.39, 0.29) is 17.7 Å². The van der Waals surface area contributed by atoms with Crippen LogP contribution in [0.4, 0.5) is 0 Å². The molecule has 0 aliphatic rings. The molecular weight excluding hydrogens is 230 g/mol. The smallest absolute Gasteiger partial charge is 0.251 e. The average Bonchev–Trinajstić information content (AvgIpc) is 2.34. The van der Waals surface area contributed by atoms with Gasteiger partial charge in [0.25, 0.3) is 5.91 Å². The minimum atomic E-state index is -0.205. The molecule has 1 amide bonds. The minimum absolute atomic E-state index is 0.108. The predicted octanol–water partition coefficient (Wildman–Crippen LogP) is 1.42. The number of oxime groups is 1. The fourth-order valence-electron chi connectivity index (χ4n) is 1.71. The van der Waals surface area contributed by atoms with E-state index in [0.717, 1.165) is 11.1 Å². The molecule has 5 heteroatoms. The van der Waals surface area contributed by atoms with Crippen molar-refractivity contribution in [3.05, 3.63) is 34.9 Å². The molecule has 18 heavy (non-hydrogen) atoms. The summed E-state index contributed by atoms with van der Waals surface area (Å²) < 4.78 is 0. The van der Waals surface area contributed by atoms with Crippen LogP contribution in [-0.2, 0) is 0 Å². The van der Waals surface area contributed by atoms with Gasteiger partial charge in [-0.1, -0.05) is 30.3 Å². The zero-order chi connectivity index (χ0) is 13.7. The molecule has 5 nitrogen and oxygen atoms in total. The van der Waals surface area contributed by atoms with Crippen LogP contribution in [0.15, 0.2) is 23.4 Å². The maximum Gasteiger partial charge on any atom is 0.251 e. The molecule has 0 bridgehead atoms. The fourth-order valence-corrected chi connectivity index (χ4v) is 1.71. The number of hydrogen-bond donors (Lipinski definition) is 3. The highest BCUT2D eigenvalue weighted by atomic mass is 16.4. The van der Waals surface area contributed by atoms with Crippen molar-refractivity contribution in [2.24, 2.45) is 16.8 Å². The van der Waals surface area contributed by atoms with Crippen LogP contribution in [-0.4, -0.2) is 23.5 Å².